The smallest absolute Gasteiger partial charge is 0.126 e. The van der Waals surface area contributed by atoms with Crippen LogP contribution in [0.4, 0.5) is 0 Å². The van der Waals surface area contributed by atoms with Crippen LogP contribution in [-0.2, 0) is 25.7 Å². The van der Waals surface area contributed by atoms with Crippen LogP contribution in [0.15, 0.2) is 194 Å². The first-order chi connectivity index (χ1) is 37.5. The minimum absolute atomic E-state index is 0.0777. The summed E-state index contributed by atoms with van der Waals surface area (Å²) < 4.78 is 28.9. The van der Waals surface area contributed by atoms with Gasteiger partial charge in [-0.15, -0.1) is 0 Å². The van der Waals surface area contributed by atoms with Gasteiger partial charge in [0.25, 0.3) is 0 Å². The fraction of sp³-hybridized carbons (Fsp3) is 0.333. The predicted octanol–water partition coefficient (Wildman–Crippen LogP) is 18.1. The number of benzene rings is 4. The van der Waals surface area contributed by atoms with Gasteiger partial charge in [-0.25, -0.2) is 0 Å². The van der Waals surface area contributed by atoms with Crippen LogP contribution in [0.2, 0.25) is 0 Å². The summed E-state index contributed by atoms with van der Waals surface area (Å²) in [5, 5.41) is 0. The Labute approximate surface area is 455 Å². The van der Waals surface area contributed by atoms with Crippen LogP contribution in [0.3, 0.4) is 0 Å². The van der Waals surface area contributed by atoms with Crippen molar-refractivity contribution in [3.63, 3.8) is 0 Å². The summed E-state index contributed by atoms with van der Waals surface area (Å²) in [5.41, 5.74) is 14.4. The number of hydrogen-bond acceptors (Lipinski definition) is 4. The molecule has 9 rings (SSSR count). The molecule has 5 aliphatic rings. The molecule has 0 saturated carbocycles. The van der Waals surface area contributed by atoms with E-state index in [-0.39, 0.29) is 23.7 Å². The minimum Gasteiger partial charge on any atom is -0.493 e. The molecule has 0 N–H and O–H groups in total. The van der Waals surface area contributed by atoms with Crippen LogP contribution in [0.1, 0.15) is 169 Å². The SMILES string of the molecule is CCCCOc1c2cc(C3C=CC=CC=C3)cc1Cc1cc(C3C=CC=CC=C3)cc(c1OCCCC)Cc1cc(C3C=CC=CC=C3)cc(c1OCCCC)Cc1cc(C3C=CC=CC=C3)cc(c1OCCCC)C2. The normalized spacial score (nSPS) is 16.3. The monoisotopic (exact) mass is 1010 g/mol. The Balaban J connectivity index is 1.38. The maximum absolute atomic E-state index is 7.22. The van der Waals surface area contributed by atoms with Gasteiger partial charge in [0, 0.05) is 49.4 Å². The molecule has 8 bridgehead atoms. The highest BCUT2D eigenvalue weighted by atomic mass is 16.5. The van der Waals surface area contributed by atoms with Crippen molar-refractivity contribution in [2.24, 2.45) is 0 Å². The lowest BCUT2D eigenvalue weighted by molar-refractivity contribution is 0.297. The average molecular weight is 1010 g/mol. The quantitative estimate of drug-likeness (QED) is 0.0728. The van der Waals surface area contributed by atoms with E-state index in [9.17, 15) is 0 Å². The lowest BCUT2D eigenvalue weighted by Crippen LogP contribution is -2.13. The zero-order valence-electron chi connectivity index (χ0n) is 45.7. The Morgan fingerprint density at radius 3 is 0.592 bits per heavy atom. The fourth-order valence-corrected chi connectivity index (χ4v) is 10.9. The van der Waals surface area contributed by atoms with E-state index in [2.05, 4.69) is 222 Å². The molecule has 76 heavy (non-hydrogen) atoms. The third-order valence-corrected chi connectivity index (χ3v) is 15.0. The Bertz CT molecular complexity index is 2450. The van der Waals surface area contributed by atoms with Crippen molar-refractivity contribution in [2.45, 2.75) is 128 Å². The molecular formula is C72H80O4. The summed E-state index contributed by atoms with van der Waals surface area (Å²) in [5.74, 6) is 4.20. The van der Waals surface area contributed by atoms with E-state index in [1.807, 2.05) is 0 Å². The minimum atomic E-state index is 0.0777. The van der Waals surface area contributed by atoms with Crippen LogP contribution < -0.4 is 18.9 Å². The number of allylic oxidation sites excluding steroid dienone is 24. The van der Waals surface area contributed by atoms with Crippen LogP contribution in [0.5, 0.6) is 23.0 Å². The van der Waals surface area contributed by atoms with Gasteiger partial charge in [0.15, 0.2) is 0 Å². The second-order valence-corrected chi connectivity index (χ2v) is 20.9. The molecule has 4 aromatic carbocycles. The summed E-state index contributed by atoms with van der Waals surface area (Å²) >= 11 is 0. The van der Waals surface area contributed by atoms with Crippen molar-refractivity contribution >= 4 is 0 Å². The van der Waals surface area contributed by atoms with Crippen molar-refractivity contribution in [2.75, 3.05) is 26.4 Å². The van der Waals surface area contributed by atoms with E-state index in [1.165, 1.54) is 66.8 Å². The molecule has 0 unspecified atom stereocenters. The lowest BCUT2D eigenvalue weighted by Gasteiger charge is -2.26. The second kappa shape index (κ2) is 27.7. The van der Waals surface area contributed by atoms with Crippen molar-refractivity contribution in [1.29, 1.82) is 0 Å². The zero-order valence-corrected chi connectivity index (χ0v) is 45.7. The van der Waals surface area contributed by atoms with Crippen molar-refractivity contribution in [3.8, 4) is 23.0 Å². The first-order valence-electron chi connectivity index (χ1n) is 28.7. The van der Waals surface area contributed by atoms with Gasteiger partial charge in [-0.2, -0.15) is 0 Å². The van der Waals surface area contributed by atoms with Gasteiger partial charge in [-0.1, -0.05) is 248 Å². The summed E-state index contributed by atoms with van der Waals surface area (Å²) in [7, 11) is 0. The number of ether oxygens (including phenoxy) is 4. The van der Waals surface area contributed by atoms with Gasteiger partial charge in [0.05, 0.1) is 26.4 Å². The number of rotatable bonds is 20. The molecule has 0 saturated heterocycles. The topological polar surface area (TPSA) is 36.9 Å². The van der Waals surface area contributed by atoms with Gasteiger partial charge in [0.2, 0.25) is 0 Å². The number of unbranched alkanes of at least 4 members (excludes halogenated alkanes) is 4. The molecule has 0 aromatic heterocycles. The standard InChI is InChI=1S/C72H80O4/c1-5-9-37-73-69-61-41-57(53-29-21-13-14-22-30-53)42-62(69)50-64-44-59(55-33-25-17-18-26-34-55)46-66(71(64)75-39-11-7-3)52-68-48-60(56-35-27-19-20-28-36-56)47-67(72(68)76-40-12-8-4)51-65-45-58(54-31-23-15-16-24-32-54)43-63(49-61)70(65)74-38-10-6-2/h13-36,41-48,53-56H,5-12,37-40,49-52H2,1-4H3. The van der Waals surface area contributed by atoms with E-state index in [1.54, 1.807) is 0 Å². The van der Waals surface area contributed by atoms with Crippen LogP contribution in [0, 0.1) is 0 Å². The van der Waals surface area contributed by atoms with E-state index in [0.29, 0.717) is 52.1 Å². The summed E-state index contributed by atoms with van der Waals surface area (Å²) in [6.07, 6.45) is 63.6. The average Bonchev–Trinajstić information content (AvgIpc) is 4.08. The summed E-state index contributed by atoms with van der Waals surface area (Å²) in [6.45, 7) is 11.5. The Morgan fingerprint density at radius 2 is 0.434 bits per heavy atom. The van der Waals surface area contributed by atoms with Crippen LogP contribution in [0.25, 0.3) is 0 Å². The van der Waals surface area contributed by atoms with Gasteiger partial charge in [-0.05, 0) is 92.4 Å². The largest absolute Gasteiger partial charge is 0.493 e. The van der Waals surface area contributed by atoms with Crippen molar-refractivity contribution < 1.29 is 18.9 Å². The zero-order chi connectivity index (χ0) is 52.3. The molecular weight excluding hydrogens is 929 g/mol. The summed E-state index contributed by atoms with van der Waals surface area (Å²) in [4.78, 5) is 0. The molecule has 0 aliphatic heterocycles. The Morgan fingerprint density at radius 1 is 0.263 bits per heavy atom. The molecule has 4 heteroatoms. The maximum Gasteiger partial charge on any atom is 0.126 e. The molecule has 5 aliphatic carbocycles. The highest BCUT2D eigenvalue weighted by Crippen LogP contribution is 2.44. The summed E-state index contributed by atoms with van der Waals surface area (Å²) in [6, 6.07) is 19.5. The predicted molar refractivity (Wildman–Crippen MR) is 319 cm³/mol. The van der Waals surface area contributed by atoms with Gasteiger partial charge in [0.1, 0.15) is 23.0 Å². The lowest BCUT2D eigenvalue weighted by atomic mass is 9.84. The van der Waals surface area contributed by atoms with E-state index >= 15 is 0 Å². The van der Waals surface area contributed by atoms with Crippen molar-refractivity contribution in [3.05, 3.63) is 261 Å². The molecule has 4 aromatic rings. The maximum atomic E-state index is 7.22. The van der Waals surface area contributed by atoms with Crippen LogP contribution >= 0.6 is 0 Å². The molecule has 0 radical (unpaired) electrons. The van der Waals surface area contributed by atoms with E-state index < -0.39 is 0 Å². The van der Waals surface area contributed by atoms with Gasteiger partial charge >= 0.3 is 0 Å². The first kappa shape index (κ1) is 53.8. The molecule has 4 nitrogen and oxygen atoms in total. The van der Waals surface area contributed by atoms with E-state index in [4.69, 9.17) is 18.9 Å². The molecule has 392 valence electrons. The Kier molecular flexibility index (Phi) is 19.6. The highest BCUT2D eigenvalue weighted by molar-refractivity contribution is 5.61. The molecule has 0 heterocycles. The van der Waals surface area contributed by atoms with Gasteiger partial charge in [-0.3, -0.25) is 0 Å². The van der Waals surface area contributed by atoms with Crippen LogP contribution in [-0.4, -0.2) is 26.4 Å². The molecule has 0 spiro atoms. The highest BCUT2D eigenvalue weighted by Gasteiger charge is 2.27. The molecule has 0 atom stereocenters. The first-order valence-corrected chi connectivity index (χ1v) is 28.7. The number of fused-ring (bicyclic) bond motifs is 8. The van der Waals surface area contributed by atoms with Crippen molar-refractivity contribution in [1.82, 2.24) is 0 Å². The fourth-order valence-electron chi connectivity index (χ4n) is 10.9. The second-order valence-electron chi connectivity index (χ2n) is 20.9. The molecule has 0 fully saturated rings. The van der Waals surface area contributed by atoms with E-state index in [0.717, 1.165) is 74.4 Å². The number of hydrogen-bond donors (Lipinski definition) is 0. The Hall–Kier alpha value is -7.04. The van der Waals surface area contributed by atoms with Gasteiger partial charge < -0.3 is 18.9 Å². The molecule has 0 amide bonds. The third-order valence-electron chi connectivity index (χ3n) is 15.0. The third kappa shape index (κ3) is 13.9.